The van der Waals surface area contributed by atoms with Crippen molar-refractivity contribution >= 4 is 18.3 Å². The monoisotopic (exact) mass is 282 g/mol. The van der Waals surface area contributed by atoms with E-state index in [-0.39, 0.29) is 18.3 Å². The van der Waals surface area contributed by atoms with Crippen molar-refractivity contribution in [2.45, 2.75) is 38.6 Å². The largest absolute Gasteiger partial charge is 0.352 e. The van der Waals surface area contributed by atoms with E-state index in [1.807, 2.05) is 0 Å². The number of hydrogen-bond donors (Lipinski definition) is 2. The number of halogens is 1. The Hall–Kier alpha value is -1.06. The number of rotatable bonds is 5. The van der Waals surface area contributed by atoms with Crippen LogP contribution in [-0.2, 0) is 11.2 Å². The first-order valence-electron chi connectivity index (χ1n) is 6.79. The molecular formula is C15H23ClN2O. The standard InChI is InChI=1S/C15H22N2O.ClH/c1-12-5-7-13(8-6-12)3-2-4-15(18)17-14-9-10-16-11-14;/h5-8,14,16H,2-4,9-11H2,1H3,(H,17,18);1H. The van der Waals surface area contributed by atoms with E-state index in [1.165, 1.54) is 11.1 Å². The molecule has 1 atom stereocenters. The van der Waals surface area contributed by atoms with Gasteiger partial charge in [0.15, 0.2) is 0 Å². The Bertz CT molecular complexity index is 386. The third kappa shape index (κ3) is 5.62. The van der Waals surface area contributed by atoms with Gasteiger partial charge in [0.1, 0.15) is 0 Å². The molecular weight excluding hydrogens is 260 g/mol. The van der Waals surface area contributed by atoms with E-state index in [1.54, 1.807) is 0 Å². The summed E-state index contributed by atoms with van der Waals surface area (Å²) >= 11 is 0. The lowest BCUT2D eigenvalue weighted by atomic mass is 10.1. The maximum atomic E-state index is 11.7. The second-order valence-corrected chi connectivity index (χ2v) is 5.10. The molecule has 1 unspecified atom stereocenters. The lowest BCUT2D eigenvalue weighted by Crippen LogP contribution is -2.36. The zero-order valence-electron chi connectivity index (χ0n) is 11.4. The van der Waals surface area contributed by atoms with Crippen molar-refractivity contribution in [2.24, 2.45) is 0 Å². The van der Waals surface area contributed by atoms with Crippen molar-refractivity contribution in [3.05, 3.63) is 35.4 Å². The highest BCUT2D eigenvalue weighted by Gasteiger charge is 2.15. The van der Waals surface area contributed by atoms with Crippen molar-refractivity contribution in [2.75, 3.05) is 13.1 Å². The number of benzene rings is 1. The van der Waals surface area contributed by atoms with Crippen molar-refractivity contribution in [1.82, 2.24) is 10.6 Å². The molecule has 1 aliphatic heterocycles. The predicted octanol–water partition coefficient (Wildman–Crippen LogP) is 2.22. The number of nitrogens with one attached hydrogen (secondary N) is 2. The molecule has 19 heavy (non-hydrogen) atoms. The Morgan fingerprint density at radius 3 is 2.74 bits per heavy atom. The van der Waals surface area contributed by atoms with Crippen LogP contribution in [0.15, 0.2) is 24.3 Å². The first-order chi connectivity index (χ1) is 8.74. The van der Waals surface area contributed by atoms with Crippen molar-refractivity contribution in [1.29, 1.82) is 0 Å². The number of aryl methyl sites for hydroxylation is 2. The van der Waals surface area contributed by atoms with Crippen LogP contribution in [0.4, 0.5) is 0 Å². The quantitative estimate of drug-likeness (QED) is 0.869. The second kappa shape index (κ2) is 8.18. The van der Waals surface area contributed by atoms with Crippen LogP contribution in [0.25, 0.3) is 0 Å². The van der Waals surface area contributed by atoms with E-state index in [9.17, 15) is 4.79 Å². The van der Waals surface area contributed by atoms with Crippen LogP contribution in [0.1, 0.15) is 30.4 Å². The van der Waals surface area contributed by atoms with Gasteiger partial charge in [-0.25, -0.2) is 0 Å². The molecule has 1 saturated heterocycles. The predicted molar refractivity (Wildman–Crippen MR) is 80.8 cm³/mol. The normalized spacial score (nSPS) is 17.8. The molecule has 3 nitrogen and oxygen atoms in total. The van der Waals surface area contributed by atoms with Crippen LogP contribution >= 0.6 is 12.4 Å². The van der Waals surface area contributed by atoms with Gasteiger partial charge in [-0.05, 0) is 38.3 Å². The Labute approximate surface area is 121 Å². The van der Waals surface area contributed by atoms with Gasteiger partial charge >= 0.3 is 0 Å². The third-order valence-corrected chi connectivity index (χ3v) is 3.42. The summed E-state index contributed by atoms with van der Waals surface area (Å²) in [4.78, 5) is 11.7. The molecule has 1 amide bonds. The van der Waals surface area contributed by atoms with E-state index < -0.39 is 0 Å². The average molecular weight is 283 g/mol. The van der Waals surface area contributed by atoms with Gasteiger partial charge in [-0.15, -0.1) is 12.4 Å². The summed E-state index contributed by atoms with van der Waals surface area (Å²) in [5.74, 6) is 0.191. The smallest absolute Gasteiger partial charge is 0.220 e. The molecule has 4 heteroatoms. The molecule has 2 N–H and O–H groups in total. The molecule has 0 bridgehead atoms. The molecule has 1 aromatic rings. The fourth-order valence-corrected chi connectivity index (χ4v) is 2.29. The van der Waals surface area contributed by atoms with Crippen LogP contribution in [0.2, 0.25) is 0 Å². The Morgan fingerprint density at radius 2 is 2.11 bits per heavy atom. The van der Waals surface area contributed by atoms with Gasteiger partial charge in [0.2, 0.25) is 5.91 Å². The zero-order chi connectivity index (χ0) is 12.8. The molecule has 0 aliphatic carbocycles. The number of carbonyl (C=O) groups is 1. The van der Waals surface area contributed by atoms with Crippen LogP contribution in [0, 0.1) is 6.92 Å². The van der Waals surface area contributed by atoms with Crippen molar-refractivity contribution in [3.8, 4) is 0 Å². The fourth-order valence-electron chi connectivity index (χ4n) is 2.29. The summed E-state index contributed by atoms with van der Waals surface area (Å²) < 4.78 is 0. The van der Waals surface area contributed by atoms with Crippen LogP contribution in [0.5, 0.6) is 0 Å². The first-order valence-corrected chi connectivity index (χ1v) is 6.79. The summed E-state index contributed by atoms with van der Waals surface area (Å²) in [6.45, 7) is 4.03. The minimum Gasteiger partial charge on any atom is -0.352 e. The van der Waals surface area contributed by atoms with Crippen LogP contribution in [-0.4, -0.2) is 25.0 Å². The van der Waals surface area contributed by atoms with Gasteiger partial charge < -0.3 is 10.6 Å². The lowest BCUT2D eigenvalue weighted by Gasteiger charge is -2.11. The maximum absolute atomic E-state index is 11.7. The summed E-state index contributed by atoms with van der Waals surface area (Å²) in [5.41, 5.74) is 2.60. The Balaban J connectivity index is 0.00000180. The molecule has 0 saturated carbocycles. The molecule has 1 heterocycles. The minimum absolute atomic E-state index is 0. The van der Waals surface area contributed by atoms with E-state index in [0.29, 0.717) is 12.5 Å². The lowest BCUT2D eigenvalue weighted by molar-refractivity contribution is -0.121. The second-order valence-electron chi connectivity index (χ2n) is 5.10. The van der Waals surface area contributed by atoms with Crippen LogP contribution < -0.4 is 10.6 Å². The van der Waals surface area contributed by atoms with Gasteiger partial charge in [-0.1, -0.05) is 29.8 Å². The molecule has 0 spiro atoms. The molecule has 0 radical (unpaired) electrons. The minimum atomic E-state index is 0. The fraction of sp³-hybridized carbons (Fsp3) is 0.533. The highest BCUT2D eigenvalue weighted by atomic mass is 35.5. The summed E-state index contributed by atoms with van der Waals surface area (Å²) in [5, 5.41) is 6.32. The topological polar surface area (TPSA) is 41.1 Å². The number of amides is 1. The van der Waals surface area contributed by atoms with E-state index >= 15 is 0 Å². The van der Waals surface area contributed by atoms with Crippen molar-refractivity contribution < 1.29 is 4.79 Å². The van der Waals surface area contributed by atoms with E-state index in [0.717, 1.165) is 32.4 Å². The maximum Gasteiger partial charge on any atom is 0.220 e. The number of hydrogen-bond acceptors (Lipinski definition) is 2. The highest BCUT2D eigenvalue weighted by molar-refractivity contribution is 5.85. The first kappa shape index (κ1) is 16.0. The van der Waals surface area contributed by atoms with E-state index in [2.05, 4.69) is 41.8 Å². The van der Waals surface area contributed by atoms with Gasteiger partial charge in [0.25, 0.3) is 0 Å². The molecule has 0 aromatic heterocycles. The Kier molecular flexibility index (Phi) is 6.89. The van der Waals surface area contributed by atoms with Gasteiger partial charge in [-0.3, -0.25) is 4.79 Å². The molecule has 1 aromatic carbocycles. The molecule has 106 valence electrons. The third-order valence-electron chi connectivity index (χ3n) is 3.42. The SMILES string of the molecule is Cc1ccc(CCCC(=O)NC2CCNC2)cc1.Cl. The number of carbonyl (C=O) groups excluding carboxylic acids is 1. The molecule has 2 rings (SSSR count). The van der Waals surface area contributed by atoms with Crippen LogP contribution in [0.3, 0.4) is 0 Å². The summed E-state index contributed by atoms with van der Waals surface area (Å²) in [6, 6.07) is 8.89. The summed E-state index contributed by atoms with van der Waals surface area (Å²) in [6.07, 6.45) is 3.60. The van der Waals surface area contributed by atoms with Crippen molar-refractivity contribution in [3.63, 3.8) is 0 Å². The van der Waals surface area contributed by atoms with Gasteiger partial charge in [0, 0.05) is 19.0 Å². The molecule has 1 aliphatic rings. The van der Waals surface area contributed by atoms with Gasteiger partial charge in [0.05, 0.1) is 0 Å². The summed E-state index contributed by atoms with van der Waals surface area (Å²) in [7, 11) is 0. The van der Waals surface area contributed by atoms with Gasteiger partial charge in [-0.2, -0.15) is 0 Å². The average Bonchev–Trinajstić information content (AvgIpc) is 2.84. The zero-order valence-corrected chi connectivity index (χ0v) is 12.3. The van der Waals surface area contributed by atoms with E-state index in [4.69, 9.17) is 0 Å². The molecule has 1 fully saturated rings. The Morgan fingerprint density at radius 1 is 1.37 bits per heavy atom. The highest BCUT2D eigenvalue weighted by Crippen LogP contribution is 2.07.